The SMILES string of the molecule is COc1cc(/C=C/C(=O)OCC2O[C@@H](OC3[C@H](Oc4cc5c(O[C@@H]6OC(CO)[C@@H](O)[C@H](O)C6O)cc(O)cc5[o+]c4-c4ccc(O)cc4)OC(COC(=O)/C=C/c4ccc(O)cc4)[C@@H](O)[C@@H]3O)C(O)[C@@H](O)[C@@H]2O)ccc1O. The van der Waals surface area contributed by atoms with Crippen LogP contribution in [0.15, 0.2) is 101 Å². The number of aliphatic hydroxyl groups excluding tert-OH is 9. The van der Waals surface area contributed by atoms with Gasteiger partial charge in [-0.25, -0.2) is 14.0 Å². The van der Waals surface area contributed by atoms with Crippen molar-refractivity contribution in [2.24, 2.45) is 0 Å². The van der Waals surface area contributed by atoms with Gasteiger partial charge in [0, 0.05) is 24.3 Å². The van der Waals surface area contributed by atoms with E-state index in [0.29, 0.717) is 11.1 Å². The number of aliphatic hydroxyl groups is 9. The predicted molar refractivity (Wildman–Crippen MR) is 259 cm³/mol. The van der Waals surface area contributed by atoms with E-state index in [2.05, 4.69) is 0 Å². The summed E-state index contributed by atoms with van der Waals surface area (Å²) in [6.07, 6.45) is -23.3. The Morgan fingerprint density at radius 3 is 1.70 bits per heavy atom. The summed E-state index contributed by atoms with van der Waals surface area (Å²) >= 11 is 0. The second kappa shape index (κ2) is 24.4. The lowest BCUT2D eigenvalue weighted by atomic mass is 9.97. The van der Waals surface area contributed by atoms with Crippen LogP contribution >= 0.6 is 0 Å². The first-order valence-corrected chi connectivity index (χ1v) is 23.6. The maximum atomic E-state index is 12.9. The van der Waals surface area contributed by atoms with Gasteiger partial charge in [-0.1, -0.05) is 18.2 Å². The third-order valence-electron chi connectivity index (χ3n) is 12.6. The molecule has 0 bridgehead atoms. The Morgan fingerprint density at radius 2 is 1.08 bits per heavy atom. The molecule has 1 aromatic heterocycles. The molecule has 0 aliphatic carbocycles. The summed E-state index contributed by atoms with van der Waals surface area (Å²) in [4.78, 5) is 25.7. The van der Waals surface area contributed by atoms with Gasteiger partial charge >= 0.3 is 23.3 Å². The number of ether oxygens (including phenoxy) is 9. The van der Waals surface area contributed by atoms with Crippen molar-refractivity contribution in [1.29, 1.82) is 0 Å². The van der Waals surface area contributed by atoms with E-state index in [9.17, 15) is 76.0 Å². The predicted octanol–water partition coefficient (Wildman–Crippen LogP) is -0.0779. The summed E-state index contributed by atoms with van der Waals surface area (Å²) < 4.78 is 57.9. The number of phenolic OH excluding ortho intramolecular Hbond substituents is 4. The van der Waals surface area contributed by atoms with Gasteiger partial charge in [-0.15, -0.1) is 0 Å². The zero-order valence-electron chi connectivity index (χ0n) is 40.4. The minimum Gasteiger partial charge on any atom is -0.508 e. The Bertz CT molecular complexity index is 2890. The Hall–Kier alpha value is -7.21. The second-order valence-corrected chi connectivity index (χ2v) is 17.9. The molecule has 3 aliphatic rings. The van der Waals surface area contributed by atoms with Crippen LogP contribution in [0.4, 0.5) is 0 Å². The van der Waals surface area contributed by atoms with Crippen molar-refractivity contribution in [3.05, 3.63) is 108 Å². The molecule has 13 N–H and O–H groups in total. The second-order valence-electron chi connectivity index (χ2n) is 17.9. The minimum absolute atomic E-state index is 0.0165. The van der Waals surface area contributed by atoms with Crippen molar-refractivity contribution >= 4 is 35.1 Å². The Balaban J connectivity index is 1.11. The number of fused-ring (bicyclic) bond motifs is 1. The van der Waals surface area contributed by atoms with E-state index in [1.165, 1.54) is 92.1 Å². The first kappa shape index (κ1) is 56.0. The normalized spacial score (nSPS) is 29.6. The quantitative estimate of drug-likeness (QED) is 0.0329. The fraction of sp³-hybridized carbons (Fsp3) is 0.365. The number of phenols is 4. The molecule has 4 heterocycles. The van der Waals surface area contributed by atoms with E-state index >= 15 is 0 Å². The molecule has 0 amide bonds. The maximum absolute atomic E-state index is 12.9. The zero-order valence-corrected chi connectivity index (χ0v) is 40.4. The molecular weight excluding hydrogens is 1020 g/mol. The number of carbonyl (C=O) groups excluding carboxylic acids is 2. The van der Waals surface area contributed by atoms with E-state index in [-0.39, 0.29) is 56.8 Å². The Labute approximate surface area is 435 Å². The van der Waals surface area contributed by atoms with Crippen LogP contribution in [0.1, 0.15) is 11.1 Å². The van der Waals surface area contributed by atoms with Crippen molar-refractivity contribution in [1.82, 2.24) is 0 Å². The molecule has 0 radical (unpaired) electrons. The lowest BCUT2D eigenvalue weighted by Crippen LogP contribution is -2.65. The highest BCUT2D eigenvalue weighted by atomic mass is 16.8. The Kier molecular flexibility index (Phi) is 17.8. The van der Waals surface area contributed by atoms with Crippen molar-refractivity contribution < 1.29 is 123 Å². The van der Waals surface area contributed by atoms with Gasteiger partial charge in [0.1, 0.15) is 109 Å². The van der Waals surface area contributed by atoms with Gasteiger partial charge in [-0.3, -0.25) is 0 Å². The molecule has 25 nitrogen and oxygen atoms in total. The number of benzene rings is 4. The maximum Gasteiger partial charge on any atom is 0.402 e. The number of aromatic hydroxyl groups is 4. The van der Waals surface area contributed by atoms with Gasteiger partial charge < -0.3 is 109 Å². The average molecular weight is 1080 g/mol. The molecule has 0 saturated carbocycles. The van der Waals surface area contributed by atoms with E-state index in [1.807, 2.05) is 0 Å². The summed E-state index contributed by atoms with van der Waals surface area (Å²) in [5.74, 6) is -3.37. The molecule has 8 rings (SSSR count). The third kappa shape index (κ3) is 13.0. The standard InChI is InChI=1S/C52H54O25/c1-68-33-16-24(4-13-30(33)57)6-15-39(59)69-21-36-41(61)44(64)47(67)51(75-36)77-49-45(65)42(62)37(22-70-38(58)14-5-23-2-9-26(54)10-3-23)76-52(49)73-34-19-29-31(71-48(34)25-7-11-27(55)12-8-25)17-28(56)18-32(29)72-50-46(66)43(63)40(60)35(20-53)74-50/h2-19,35-37,40-47,49-53,60-67H,20-22H2,1H3,(H3-,54,55,56,57,58,59)/p+1/t35?,36?,37?,40-,41-,42-,43+,44+,45+,46?,47?,49?,50-,51+,52-/m1/s1. The molecule has 412 valence electrons. The molecule has 5 aromatic rings. The number of carbonyl (C=O) groups is 2. The van der Waals surface area contributed by atoms with Crippen LogP contribution in [0.25, 0.3) is 34.4 Å². The van der Waals surface area contributed by atoms with Gasteiger partial charge in [-0.05, 0) is 71.8 Å². The number of esters is 2. The van der Waals surface area contributed by atoms with Gasteiger partial charge in [0.15, 0.2) is 23.9 Å². The molecule has 25 heteroatoms. The smallest absolute Gasteiger partial charge is 0.402 e. The van der Waals surface area contributed by atoms with E-state index in [1.54, 1.807) is 0 Å². The van der Waals surface area contributed by atoms with Crippen LogP contribution in [0.5, 0.6) is 40.2 Å². The third-order valence-corrected chi connectivity index (χ3v) is 12.6. The van der Waals surface area contributed by atoms with Crippen LogP contribution in [0.2, 0.25) is 0 Å². The molecular formula is C52H55O25+. The first-order chi connectivity index (χ1) is 36.8. The largest absolute Gasteiger partial charge is 0.508 e. The van der Waals surface area contributed by atoms with E-state index in [4.69, 9.17) is 47.0 Å². The molecule has 3 saturated heterocycles. The van der Waals surface area contributed by atoms with E-state index < -0.39 is 130 Å². The molecule has 6 unspecified atom stereocenters. The molecule has 4 aromatic carbocycles. The van der Waals surface area contributed by atoms with Crippen LogP contribution in [0.3, 0.4) is 0 Å². The summed E-state index contributed by atoms with van der Waals surface area (Å²) in [6.45, 7) is -2.29. The average Bonchev–Trinajstić information content (AvgIpc) is 3.46. The topological polar surface area (TPSA) is 392 Å². The highest BCUT2D eigenvalue weighted by molar-refractivity contribution is 5.89. The van der Waals surface area contributed by atoms with Crippen molar-refractivity contribution in [3.63, 3.8) is 0 Å². The van der Waals surface area contributed by atoms with Crippen LogP contribution in [-0.4, -0.2) is 197 Å². The monoisotopic (exact) mass is 1080 g/mol. The summed E-state index contributed by atoms with van der Waals surface area (Å²) in [5, 5.41) is 139. The van der Waals surface area contributed by atoms with Gasteiger partial charge in [0.25, 0.3) is 0 Å². The number of methoxy groups -OCH3 is 1. The lowest BCUT2D eigenvalue weighted by molar-refractivity contribution is -0.358. The van der Waals surface area contributed by atoms with Gasteiger partial charge in [0.05, 0.1) is 25.3 Å². The van der Waals surface area contributed by atoms with Crippen molar-refractivity contribution in [2.45, 2.75) is 92.1 Å². The van der Waals surface area contributed by atoms with Crippen LogP contribution < -0.4 is 14.2 Å². The van der Waals surface area contributed by atoms with Gasteiger partial charge in [-0.2, -0.15) is 0 Å². The molecule has 3 fully saturated rings. The van der Waals surface area contributed by atoms with Crippen molar-refractivity contribution in [2.75, 3.05) is 26.9 Å². The summed E-state index contributed by atoms with van der Waals surface area (Å²) in [5.41, 5.74) is 1.000. The Morgan fingerprint density at radius 1 is 0.545 bits per heavy atom. The highest BCUT2D eigenvalue weighted by Crippen LogP contribution is 2.43. The lowest BCUT2D eigenvalue weighted by Gasteiger charge is -2.45. The zero-order chi connectivity index (χ0) is 55.2. The van der Waals surface area contributed by atoms with Gasteiger partial charge in [0.2, 0.25) is 18.3 Å². The fourth-order valence-corrected chi connectivity index (χ4v) is 8.33. The summed E-state index contributed by atoms with van der Waals surface area (Å²) in [7, 11) is 1.33. The fourth-order valence-electron chi connectivity index (χ4n) is 8.33. The number of rotatable bonds is 17. The van der Waals surface area contributed by atoms with Crippen LogP contribution in [0, 0.1) is 0 Å². The first-order valence-electron chi connectivity index (χ1n) is 23.6. The molecule has 77 heavy (non-hydrogen) atoms. The number of hydrogen-bond donors (Lipinski definition) is 13. The molecule has 15 atom stereocenters. The molecule has 0 spiro atoms. The number of hydrogen-bond acceptors (Lipinski definition) is 24. The summed E-state index contributed by atoms with van der Waals surface area (Å²) in [6, 6.07) is 18.9. The van der Waals surface area contributed by atoms with E-state index in [0.717, 1.165) is 24.3 Å². The molecule has 3 aliphatic heterocycles. The van der Waals surface area contributed by atoms with Crippen molar-refractivity contribution in [3.8, 4) is 51.6 Å². The minimum atomic E-state index is -2.11. The highest BCUT2D eigenvalue weighted by Gasteiger charge is 2.53. The van der Waals surface area contributed by atoms with Crippen LogP contribution in [-0.2, 0) is 38.0 Å².